The fraction of sp³-hybridized carbons (Fsp3) is 0.667. The third-order valence-electron chi connectivity index (χ3n) is 3.56. The van der Waals surface area contributed by atoms with Gasteiger partial charge in [-0.25, -0.2) is 9.97 Å². The molecule has 0 amide bonds. The Kier molecular flexibility index (Phi) is 3.61. The molecule has 0 bridgehead atoms. The highest BCUT2D eigenvalue weighted by atomic mass is 16.4. The van der Waals surface area contributed by atoms with Crippen molar-refractivity contribution < 1.29 is 9.90 Å². The molecule has 0 aromatic carbocycles. The quantitative estimate of drug-likeness (QED) is 0.889. The van der Waals surface area contributed by atoms with Gasteiger partial charge in [-0.2, -0.15) is 0 Å². The van der Waals surface area contributed by atoms with Crippen molar-refractivity contribution in [3.05, 3.63) is 22.8 Å². The van der Waals surface area contributed by atoms with Gasteiger partial charge in [0.15, 0.2) is 0 Å². The van der Waals surface area contributed by atoms with E-state index in [-0.39, 0.29) is 11.3 Å². The van der Waals surface area contributed by atoms with E-state index in [1.807, 2.05) is 6.92 Å². The second kappa shape index (κ2) is 4.91. The van der Waals surface area contributed by atoms with E-state index in [1.165, 1.54) is 0 Å². The Balaban J connectivity index is 2.29. The summed E-state index contributed by atoms with van der Waals surface area (Å²) in [7, 11) is 0. The molecule has 104 valence electrons. The predicted octanol–water partition coefficient (Wildman–Crippen LogP) is 2.56. The molecule has 1 atom stereocenters. The second-order valence-corrected chi connectivity index (χ2v) is 6.67. The number of carboxylic acids is 1. The van der Waals surface area contributed by atoms with Crippen LogP contribution in [0.3, 0.4) is 0 Å². The van der Waals surface area contributed by atoms with Crippen LogP contribution in [-0.4, -0.2) is 21.0 Å². The third-order valence-corrected chi connectivity index (χ3v) is 3.56. The number of aryl methyl sites for hydroxylation is 2. The molecular formula is C15H22N2O2. The van der Waals surface area contributed by atoms with Gasteiger partial charge in [0.1, 0.15) is 5.82 Å². The molecule has 4 heteroatoms. The molecular weight excluding hydrogens is 240 g/mol. The van der Waals surface area contributed by atoms with Crippen molar-refractivity contribution in [3.63, 3.8) is 0 Å². The Morgan fingerprint density at radius 1 is 1.37 bits per heavy atom. The lowest BCUT2D eigenvalue weighted by molar-refractivity contribution is -0.142. The van der Waals surface area contributed by atoms with E-state index >= 15 is 0 Å². The summed E-state index contributed by atoms with van der Waals surface area (Å²) in [6, 6.07) is 0. The number of hydrogen-bond donors (Lipinski definition) is 1. The van der Waals surface area contributed by atoms with E-state index in [9.17, 15) is 4.79 Å². The number of nitrogens with zero attached hydrogens (tertiary/aromatic N) is 2. The molecule has 0 aliphatic heterocycles. The Labute approximate surface area is 114 Å². The number of fused-ring (bicyclic) bond motifs is 1. The van der Waals surface area contributed by atoms with Gasteiger partial charge in [-0.1, -0.05) is 20.8 Å². The minimum Gasteiger partial charge on any atom is -0.481 e. The van der Waals surface area contributed by atoms with Gasteiger partial charge in [-0.05, 0) is 37.2 Å². The fourth-order valence-electron chi connectivity index (χ4n) is 2.61. The first-order chi connectivity index (χ1) is 8.76. The lowest BCUT2D eigenvalue weighted by atomic mass is 9.85. The summed E-state index contributed by atoms with van der Waals surface area (Å²) in [6.45, 7) is 8.49. The molecule has 1 aromatic rings. The minimum atomic E-state index is -0.705. The first-order valence-electron chi connectivity index (χ1n) is 6.84. The molecule has 1 unspecified atom stereocenters. The summed E-state index contributed by atoms with van der Waals surface area (Å²) in [4.78, 5) is 20.3. The molecule has 0 radical (unpaired) electrons. The predicted molar refractivity (Wildman–Crippen MR) is 73.1 cm³/mol. The Morgan fingerprint density at radius 3 is 2.63 bits per heavy atom. The van der Waals surface area contributed by atoms with Crippen molar-refractivity contribution in [1.82, 2.24) is 9.97 Å². The molecule has 19 heavy (non-hydrogen) atoms. The Hall–Kier alpha value is -1.45. The zero-order valence-electron chi connectivity index (χ0n) is 12.2. The van der Waals surface area contributed by atoms with E-state index in [2.05, 4.69) is 30.7 Å². The molecule has 0 spiro atoms. The van der Waals surface area contributed by atoms with Crippen molar-refractivity contribution in [2.75, 3.05) is 0 Å². The van der Waals surface area contributed by atoms with Crippen molar-refractivity contribution in [3.8, 4) is 0 Å². The highest BCUT2D eigenvalue weighted by Crippen LogP contribution is 2.27. The summed E-state index contributed by atoms with van der Waals surface area (Å²) in [5, 5.41) is 9.12. The number of aromatic nitrogens is 2. The summed E-state index contributed by atoms with van der Waals surface area (Å²) in [5.74, 6) is -0.0930. The number of aliphatic carboxylic acids is 1. The van der Waals surface area contributed by atoms with Crippen LogP contribution in [0, 0.1) is 18.3 Å². The van der Waals surface area contributed by atoms with E-state index in [1.54, 1.807) is 0 Å². The van der Waals surface area contributed by atoms with E-state index in [0.717, 1.165) is 35.6 Å². The van der Waals surface area contributed by atoms with Crippen LogP contribution in [-0.2, 0) is 24.1 Å². The Morgan fingerprint density at radius 2 is 2.05 bits per heavy atom. The zero-order valence-corrected chi connectivity index (χ0v) is 12.2. The van der Waals surface area contributed by atoms with Crippen LogP contribution < -0.4 is 0 Å². The van der Waals surface area contributed by atoms with Crippen LogP contribution >= 0.6 is 0 Å². The number of carbonyl (C=O) groups is 1. The van der Waals surface area contributed by atoms with Gasteiger partial charge in [-0.3, -0.25) is 4.79 Å². The Bertz CT molecular complexity index is 504. The monoisotopic (exact) mass is 262 g/mol. The number of rotatable bonds is 2. The van der Waals surface area contributed by atoms with Gasteiger partial charge in [0.25, 0.3) is 0 Å². The minimum absolute atomic E-state index is 0.166. The number of hydrogen-bond acceptors (Lipinski definition) is 3. The largest absolute Gasteiger partial charge is 0.481 e. The lowest BCUT2D eigenvalue weighted by Gasteiger charge is -2.24. The van der Waals surface area contributed by atoms with Crippen molar-refractivity contribution in [2.24, 2.45) is 11.3 Å². The van der Waals surface area contributed by atoms with Crippen LogP contribution in [0.2, 0.25) is 0 Å². The molecule has 1 heterocycles. The lowest BCUT2D eigenvalue weighted by Crippen LogP contribution is -2.25. The van der Waals surface area contributed by atoms with Gasteiger partial charge in [-0.15, -0.1) is 0 Å². The van der Waals surface area contributed by atoms with Crippen LogP contribution in [0.15, 0.2) is 0 Å². The maximum absolute atomic E-state index is 11.1. The normalized spacial score (nSPS) is 19.1. The summed E-state index contributed by atoms with van der Waals surface area (Å²) < 4.78 is 0. The van der Waals surface area contributed by atoms with Gasteiger partial charge < -0.3 is 5.11 Å². The standard InChI is InChI=1S/C15H22N2O2/c1-9-11-7-10(14(18)19)5-6-12(11)17-13(16-9)8-15(2,3)4/h10H,5-8H2,1-4H3,(H,18,19). The third kappa shape index (κ3) is 3.31. The van der Waals surface area contributed by atoms with Gasteiger partial charge in [0, 0.05) is 17.8 Å². The maximum Gasteiger partial charge on any atom is 0.306 e. The highest BCUT2D eigenvalue weighted by Gasteiger charge is 2.27. The molecule has 2 rings (SSSR count). The molecule has 0 fully saturated rings. The summed E-state index contributed by atoms with van der Waals surface area (Å²) in [6.07, 6.45) is 2.87. The fourth-order valence-corrected chi connectivity index (χ4v) is 2.61. The maximum atomic E-state index is 11.1. The highest BCUT2D eigenvalue weighted by molar-refractivity contribution is 5.71. The zero-order chi connectivity index (χ0) is 14.2. The van der Waals surface area contributed by atoms with E-state index < -0.39 is 5.97 Å². The molecule has 1 aliphatic carbocycles. The average Bonchev–Trinajstić information content (AvgIpc) is 2.26. The molecule has 0 saturated carbocycles. The molecule has 1 N–H and O–H groups in total. The van der Waals surface area contributed by atoms with E-state index in [4.69, 9.17) is 5.11 Å². The van der Waals surface area contributed by atoms with Crippen molar-refractivity contribution >= 4 is 5.97 Å². The smallest absolute Gasteiger partial charge is 0.306 e. The summed E-state index contributed by atoms with van der Waals surface area (Å²) in [5.41, 5.74) is 3.23. The second-order valence-electron chi connectivity index (χ2n) is 6.67. The number of carboxylic acid groups (broad SMARTS) is 1. The average molecular weight is 262 g/mol. The van der Waals surface area contributed by atoms with Crippen molar-refractivity contribution in [2.45, 2.75) is 53.4 Å². The van der Waals surface area contributed by atoms with Crippen LogP contribution in [0.4, 0.5) is 0 Å². The van der Waals surface area contributed by atoms with E-state index in [0.29, 0.717) is 12.8 Å². The summed E-state index contributed by atoms with van der Waals surface area (Å²) >= 11 is 0. The van der Waals surface area contributed by atoms with Gasteiger partial charge in [0.2, 0.25) is 0 Å². The topological polar surface area (TPSA) is 63.1 Å². The molecule has 1 aromatic heterocycles. The van der Waals surface area contributed by atoms with Crippen molar-refractivity contribution in [1.29, 1.82) is 0 Å². The first-order valence-corrected chi connectivity index (χ1v) is 6.84. The van der Waals surface area contributed by atoms with Gasteiger partial charge >= 0.3 is 5.97 Å². The van der Waals surface area contributed by atoms with Crippen LogP contribution in [0.25, 0.3) is 0 Å². The molecule has 4 nitrogen and oxygen atoms in total. The molecule has 0 saturated heterocycles. The molecule has 1 aliphatic rings. The van der Waals surface area contributed by atoms with Crippen LogP contribution in [0.5, 0.6) is 0 Å². The SMILES string of the molecule is Cc1nc(CC(C)(C)C)nc2c1CC(C(=O)O)CC2. The van der Waals surface area contributed by atoms with Gasteiger partial charge in [0.05, 0.1) is 5.92 Å². The first kappa shape index (κ1) is 14.0. The van der Waals surface area contributed by atoms with Crippen LogP contribution in [0.1, 0.15) is 50.0 Å².